The van der Waals surface area contributed by atoms with Gasteiger partial charge in [-0.1, -0.05) is 72.8 Å². The number of carboxylic acid groups (broad SMARTS) is 1. The highest BCUT2D eigenvalue weighted by molar-refractivity contribution is 6.02. The maximum Gasteiger partial charge on any atom is 0.417 e. The first-order chi connectivity index (χ1) is 23.2. The van der Waals surface area contributed by atoms with Crippen LogP contribution < -0.4 is 10.9 Å². The minimum absolute atomic E-state index is 0.0667. The number of halogens is 3. The smallest absolute Gasteiger partial charge is 0.417 e. The van der Waals surface area contributed by atoms with Crippen LogP contribution in [0.1, 0.15) is 38.4 Å². The zero-order chi connectivity index (χ0) is 35.4. The molecule has 11 heteroatoms. The van der Waals surface area contributed by atoms with Crippen LogP contribution in [0.4, 0.5) is 13.2 Å². The van der Waals surface area contributed by atoms with E-state index in [4.69, 9.17) is 0 Å². The Hall–Kier alpha value is -5.71. The van der Waals surface area contributed by atoms with E-state index in [2.05, 4.69) is 10.3 Å². The van der Waals surface area contributed by atoms with Gasteiger partial charge in [-0.05, 0) is 59.9 Å². The molecule has 0 spiro atoms. The van der Waals surface area contributed by atoms with Crippen LogP contribution in [-0.4, -0.2) is 37.1 Å². The molecule has 4 aromatic carbocycles. The lowest BCUT2D eigenvalue weighted by molar-refractivity contribution is -0.139. The fourth-order valence-electron chi connectivity index (χ4n) is 6.64. The fourth-order valence-corrected chi connectivity index (χ4v) is 6.64. The largest absolute Gasteiger partial charge is 0.480 e. The number of alkyl halides is 3. The van der Waals surface area contributed by atoms with Gasteiger partial charge >= 0.3 is 12.1 Å². The molecule has 1 atom stereocenters. The summed E-state index contributed by atoms with van der Waals surface area (Å²) < 4.78 is 47.1. The first-order valence-corrected chi connectivity index (χ1v) is 15.5. The van der Waals surface area contributed by atoms with Gasteiger partial charge in [-0.25, -0.2) is 9.78 Å². The van der Waals surface area contributed by atoms with E-state index in [0.717, 1.165) is 16.7 Å². The van der Waals surface area contributed by atoms with Crippen molar-refractivity contribution in [2.24, 2.45) is 14.1 Å². The van der Waals surface area contributed by atoms with Gasteiger partial charge in [0.2, 0.25) is 0 Å². The third-order valence-electron chi connectivity index (χ3n) is 9.20. The second-order valence-electron chi connectivity index (χ2n) is 12.2. The number of imidazole rings is 1. The van der Waals surface area contributed by atoms with E-state index in [-0.39, 0.29) is 28.6 Å². The van der Waals surface area contributed by atoms with Crippen LogP contribution in [0.2, 0.25) is 0 Å². The molecule has 0 saturated carbocycles. The van der Waals surface area contributed by atoms with Crippen molar-refractivity contribution < 1.29 is 27.9 Å². The SMILES string of the molecule is Cc1cccc(C)c1-c1nc(C(=O)N[C@@H](Cc2cccc3c(-c4c(C(F)(F)F)c5ccccc5n(C)c4=O)cccc23)C(=O)O)c(C)n1C. The molecule has 2 heterocycles. The number of rotatable bonds is 7. The van der Waals surface area contributed by atoms with Gasteiger partial charge in [0.05, 0.1) is 16.6 Å². The van der Waals surface area contributed by atoms with Gasteiger partial charge < -0.3 is 19.6 Å². The third kappa shape index (κ3) is 5.75. The highest BCUT2D eigenvalue weighted by Gasteiger charge is 2.38. The maximum absolute atomic E-state index is 14.7. The highest BCUT2D eigenvalue weighted by Crippen LogP contribution is 2.42. The van der Waals surface area contributed by atoms with Gasteiger partial charge in [0, 0.05) is 37.2 Å². The van der Waals surface area contributed by atoms with Crippen molar-refractivity contribution in [3.63, 3.8) is 0 Å². The van der Waals surface area contributed by atoms with Crippen molar-refractivity contribution in [1.82, 2.24) is 19.4 Å². The summed E-state index contributed by atoms with van der Waals surface area (Å²) in [5, 5.41) is 13.5. The van der Waals surface area contributed by atoms with Gasteiger partial charge in [-0.2, -0.15) is 13.2 Å². The molecular weight excluding hydrogens is 633 g/mol. The zero-order valence-electron chi connectivity index (χ0n) is 27.4. The number of benzene rings is 4. The molecule has 0 bridgehead atoms. The standard InChI is InChI=1S/C38H33F3N4O4/c1-20-11-8-12-21(2)30(20)34-43-33(22(3)44(34)4)35(46)42-28(37(48)49)19-23-13-9-16-25-24(23)15-10-17-26(25)31-32(38(39,40)41)27-14-6-7-18-29(27)45(5)36(31)47/h6-18,28H,19H2,1-5H3,(H,42,46)(H,48,49)/t28-/m0/s1. The molecular formula is C38H33F3N4O4. The lowest BCUT2D eigenvalue weighted by Gasteiger charge is -2.20. The summed E-state index contributed by atoms with van der Waals surface area (Å²) in [5.74, 6) is -1.40. The highest BCUT2D eigenvalue weighted by atomic mass is 19.4. The van der Waals surface area contributed by atoms with E-state index in [1.54, 1.807) is 48.9 Å². The van der Waals surface area contributed by atoms with E-state index in [9.17, 15) is 32.7 Å². The first kappa shape index (κ1) is 33.2. The number of carbonyl (C=O) groups is 2. The predicted octanol–water partition coefficient (Wildman–Crippen LogP) is 7.13. The van der Waals surface area contributed by atoms with Crippen LogP contribution in [0, 0.1) is 20.8 Å². The van der Waals surface area contributed by atoms with Crippen LogP contribution >= 0.6 is 0 Å². The van der Waals surface area contributed by atoms with Gasteiger partial charge in [0.1, 0.15) is 17.6 Å². The molecule has 0 saturated heterocycles. The molecule has 2 N–H and O–H groups in total. The average Bonchev–Trinajstić information content (AvgIpc) is 3.34. The van der Waals surface area contributed by atoms with Crippen LogP contribution in [-0.2, 0) is 31.5 Å². The predicted molar refractivity (Wildman–Crippen MR) is 183 cm³/mol. The quantitative estimate of drug-likeness (QED) is 0.189. The number of para-hydroxylation sites is 1. The number of hydrogen-bond acceptors (Lipinski definition) is 4. The number of aryl methyl sites for hydroxylation is 3. The van der Waals surface area contributed by atoms with E-state index in [1.807, 2.05) is 32.0 Å². The molecule has 0 aliphatic rings. The second kappa shape index (κ2) is 12.4. The Morgan fingerprint density at radius 3 is 2.10 bits per heavy atom. The number of pyridine rings is 1. The first-order valence-electron chi connectivity index (χ1n) is 15.5. The number of nitrogens with zero attached hydrogens (tertiary/aromatic N) is 3. The number of hydrogen-bond donors (Lipinski definition) is 2. The number of carboxylic acids is 1. The third-order valence-corrected chi connectivity index (χ3v) is 9.20. The summed E-state index contributed by atoms with van der Waals surface area (Å²) >= 11 is 0. The monoisotopic (exact) mass is 666 g/mol. The van der Waals surface area contributed by atoms with Crippen molar-refractivity contribution in [1.29, 1.82) is 0 Å². The number of amides is 1. The van der Waals surface area contributed by atoms with Gasteiger partial charge in [-0.15, -0.1) is 0 Å². The molecule has 2 aromatic heterocycles. The van der Waals surface area contributed by atoms with E-state index < -0.39 is 40.8 Å². The van der Waals surface area contributed by atoms with Crippen LogP contribution in [0.15, 0.2) is 83.7 Å². The van der Waals surface area contributed by atoms with E-state index in [1.165, 1.54) is 41.9 Å². The number of nitrogens with one attached hydrogen (secondary N) is 1. The summed E-state index contributed by atoms with van der Waals surface area (Å²) in [6, 6.07) is 19.8. The molecule has 1 amide bonds. The Morgan fingerprint density at radius 2 is 1.43 bits per heavy atom. The minimum atomic E-state index is -4.85. The average molecular weight is 667 g/mol. The molecule has 0 aliphatic heterocycles. The molecule has 49 heavy (non-hydrogen) atoms. The molecule has 250 valence electrons. The number of fused-ring (bicyclic) bond motifs is 2. The van der Waals surface area contributed by atoms with E-state index >= 15 is 0 Å². The lowest BCUT2D eigenvalue weighted by atomic mass is 9.90. The Morgan fingerprint density at radius 1 is 0.816 bits per heavy atom. The van der Waals surface area contributed by atoms with Gasteiger partial charge in [0.25, 0.3) is 11.5 Å². The summed E-state index contributed by atoms with van der Waals surface area (Å²) in [6.07, 6.45) is -5.03. The van der Waals surface area contributed by atoms with Crippen LogP contribution in [0.25, 0.3) is 44.2 Å². The normalized spacial score (nSPS) is 12.4. The minimum Gasteiger partial charge on any atom is -0.480 e. The van der Waals surface area contributed by atoms with E-state index in [0.29, 0.717) is 27.9 Å². The summed E-state index contributed by atoms with van der Waals surface area (Å²) in [6.45, 7) is 5.63. The topological polar surface area (TPSA) is 106 Å². The molecule has 0 aliphatic carbocycles. The fraction of sp³-hybridized carbons (Fsp3) is 0.211. The Labute approximate surface area is 279 Å². The zero-order valence-corrected chi connectivity index (χ0v) is 27.4. The van der Waals surface area contributed by atoms with Crippen molar-refractivity contribution >= 4 is 33.6 Å². The van der Waals surface area contributed by atoms with Gasteiger partial charge in [0.15, 0.2) is 0 Å². The number of carbonyl (C=O) groups excluding carboxylic acids is 1. The van der Waals surface area contributed by atoms with Gasteiger partial charge in [-0.3, -0.25) is 9.59 Å². The summed E-state index contributed by atoms with van der Waals surface area (Å²) in [7, 11) is 3.22. The molecule has 0 unspecified atom stereocenters. The van der Waals surface area contributed by atoms with Crippen molar-refractivity contribution in [3.05, 3.63) is 123 Å². The Kier molecular flexibility index (Phi) is 8.39. The molecule has 0 radical (unpaired) electrons. The summed E-state index contributed by atoms with van der Waals surface area (Å²) in [4.78, 5) is 44.3. The van der Waals surface area contributed by atoms with Crippen molar-refractivity contribution in [2.75, 3.05) is 0 Å². The molecule has 8 nitrogen and oxygen atoms in total. The lowest BCUT2D eigenvalue weighted by Crippen LogP contribution is -2.42. The van der Waals surface area contributed by atoms with Crippen molar-refractivity contribution in [3.8, 4) is 22.5 Å². The summed E-state index contributed by atoms with van der Waals surface area (Å²) in [5.41, 5.74) is 1.79. The molecule has 6 rings (SSSR count). The maximum atomic E-state index is 14.7. The Bertz CT molecular complexity index is 2350. The second-order valence-corrected chi connectivity index (χ2v) is 12.2. The van der Waals surface area contributed by atoms with Crippen LogP contribution in [0.5, 0.6) is 0 Å². The molecule has 6 aromatic rings. The van der Waals surface area contributed by atoms with Crippen molar-refractivity contribution in [2.45, 2.75) is 39.4 Å². The Balaban J connectivity index is 1.41. The number of aliphatic carboxylic acids is 1. The van der Waals surface area contributed by atoms with Crippen LogP contribution in [0.3, 0.4) is 0 Å². The number of aromatic nitrogens is 3. The molecule has 0 fully saturated rings.